The van der Waals surface area contributed by atoms with Gasteiger partial charge in [0, 0.05) is 37.9 Å². The largest absolute Gasteiger partial charge is 0.417 e. The third kappa shape index (κ3) is 8.55. The van der Waals surface area contributed by atoms with E-state index < -0.39 is 33.5 Å². The highest BCUT2D eigenvalue weighted by Gasteiger charge is 2.32. The Bertz CT molecular complexity index is 1640. The highest BCUT2D eigenvalue weighted by Crippen LogP contribution is 2.32. The van der Waals surface area contributed by atoms with Gasteiger partial charge in [0.15, 0.2) is 17.4 Å². The van der Waals surface area contributed by atoms with Crippen molar-refractivity contribution in [2.75, 3.05) is 32.6 Å². The summed E-state index contributed by atoms with van der Waals surface area (Å²) < 4.78 is 85.4. The fraction of sp³-hybridized carbons (Fsp3) is 0.448. The molecular weight excluding hydrogens is 606 g/mol. The predicted octanol–water partition coefficient (Wildman–Crippen LogP) is 4.63. The molecule has 15 heteroatoms. The van der Waals surface area contributed by atoms with Crippen LogP contribution in [0, 0.1) is 19.7 Å². The molecule has 1 saturated heterocycles. The molecule has 0 aromatic carbocycles. The van der Waals surface area contributed by atoms with E-state index in [0.717, 1.165) is 67.1 Å². The van der Waals surface area contributed by atoms with E-state index in [2.05, 4.69) is 26.0 Å². The van der Waals surface area contributed by atoms with E-state index in [1.54, 1.807) is 13.1 Å². The maximum absolute atomic E-state index is 14.4. The van der Waals surface area contributed by atoms with Crippen molar-refractivity contribution in [3.05, 3.63) is 76.3 Å². The summed E-state index contributed by atoms with van der Waals surface area (Å²) in [5.74, 6) is -1.85. The number of allylic oxidation sites excluding steroid dienone is 1. The third-order valence-corrected chi connectivity index (χ3v) is 7.41. The average Bonchev–Trinajstić information content (AvgIpc) is 3.33. The van der Waals surface area contributed by atoms with Crippen LogP contribution in [-0.4, -0.2) is 82.0 Å². The number of rotatable bonds is 6. The fourth-order valence-corrected chi connectivity index (χ4v) is 5.29. The summed E-state index contributed by atoms with van der Waals surface area (Å²) in [4.78, 5) is 23.8. The van der Waals surface area contributed by atoms with Crippen LogP contribution >= 0.6 is 0 Å². The smallest absolute Gasteiger partial charge is 0.379 e. The van der Waals surface area contributed by atoms with Gasteiger partial charge in [0.05, 0.1) is 48.2 Å². The average molecular weight is 640 g/mol. The van der Waals surface area contributed by atoms with E-state index in [1.165, 1.54) is 11.8 Å². The molecule has 0 saturated carbocycles. The Morgan fingerprint density at radius 1 is 1.11 bits per heavy atom. The lowest BCUT2D eigenvalue weighted by molar-refractivity contribution is -0.138. The van der Waals surface area contributed by atoms with E-state index in [1.807, 2.05) is 13.0 Å². The second-order valence-corrected chi connectivity index (χ2v) is 12.2. The highest BCUT2D eigenvalue weighted by atomic mass is 32.2. The van der Waals surface area contributed by atoms with Gasteiger partial charge < -0.3 is 4.74 Å². The number of aromatic nitrogens is 4. The number of Topliss-reactive ketones (excluding diaryl/α,β-unsaturated/α-hetero) is 1. The predicted molar refractivity (Wildman–Crippen MR) is 154 cm³/mol. The van der Waals surface area contributed by atoms with E-state index in [0.29, 0.717) is 24.6 Å². The lowest BCUT2D eigenvalue weighted by Crippen LogP contribution is -2.43. The maximum Gasteiger partial charge on any atom is 0.417 e. The van der Waals surface area contributed by atoms with Gasteiger partial charge in [-0.2, -0.15) is 26.7 Å². The highest BCUT2D eigenvalue weighted by molar-refractivity contribution is 7.85. The number of carbonyl (C=O) groups is 1. The van der Waals surface area contributed by atoms with Gasteiger partial charge in [0.1, 0.15) is 0 Å². The molecular formula is C29H33F4N5O5S. The lowest BCUT2D eigenvalue weighted by Gasteiger charge is -2.36. The topological polar surface area (TPSA) is 128 Å². The second kappa shape index (κ2) is 13.6. The molecule has 238 valence electrons. The van der Waals surface area contributed by atoms with Crippen LogP contribution < -0.4 is 0 Å². The summed E-state index contributed by atoms with van der Waals surface area (Å²) in [6, 6.07) is 2.85. The quantitative estimate of drug-likeness (QED) is 0.233. The van der Waals surface area contributed by atoms with Crippen LogP contribution in [0.15, 0.2) is 36.8 Å². The number of ether oxygens (including phenoxy) is 1. The van der Waals surface area contributed by atoms with Crippen LogP contribution in [0.25, 0.3) is 11.4 Å². The van der Waals surface area contributed by atoms with Gasteiger partial charge in [0.25, 0.3) is 10.1 Å². The summed E-state index contributed by atoms with van der Waals surface area (Å²) in [6.07, 6.45) is 4.86. The van der Waals surface area contributed by atoms with Crippen molar-refractivity contribution in [3.63, 3.8) is 0 Å². The first kappa shape index (κ1) is 33.4. The minimum absolute atomic E-state index is 0.0573. The molecule has 1 aliphatic heterocycles. The summed E-state index contributed by atoms with van der Waals surface area (Å²) in [5, 5.41) is 4.01. The molecule has 1 unspecified atom stereocenters. The third-order valence-electron chi connectivity index (χ3n) is 7.41. The molecule has 1 N–H and O–H groups in total. The van der Waals surface area contributed by atoms with E-state index >= 15 is 0 Å². The van der Waals surface area contributed by atoms with Crippen LogP contribution in [0.1, 0.15) is 57.7 Å². The van der Waals surface area contributed by atoms with Gasteiger partial charge >= 0.3 is 6.18 Å². The fourth-order valence-electron chi connectivity index (χ4n) is 5.29. The number of hydrogen-bond acceptors (Lipinski definition) is 8. The Kier molecular flexibility index (Phi) is 10.3. The van der Waals surface area contributed by atoms with Crippen LogP contribution in [0.5, 0.6) is 0 Å². The van der Waals surface area contributed by atoms with Crippen LogP contribution in [0.4, 0.5) is 17.6 Å². The number of pyridine rings is 2. The zero-order valence-electron chi connectivity index (χ0n) is 24.4. The number of carbonyl (C=O) groups excluding carboxylic acids is 1. The van der Waals surface area contributed by atoms with E-state index in [-0.39, 0.29) is 23.5 Å². The van der Waals surface area contributed by atoms with Crippen LogP contribution in [-0.2, 0) is 27.5 Å². The summed E-state index contributed by atoms with van der Waals surface area (Å²) in [6.45, 7) is 7.05. The van der Waals surface area contributed by atoms with Crippen molar-refractivity contribution < 1.29 is 40.1 Å². The first-order chi connectivity index (χ1) is 20.6. The van der Waals surface area contributed by atoms with Crippen molar-refractivity contribution in [3.8, 4) is 5.82 Å². The molecule has 0 amide bonds. The second-order valence-electron chi connectivity index (χ2n) is 10.7. The van der Waals surface area contributed by atoms with Crippen molar-refractivity contribution in [2.24, 2.45) is 0 Å². The molecule has 0 radical (unpaired) electrons. The van der Waals surface area contributed by atoms with Crippen LogP contribution in [0.2, 0.25) is 0 Å². The normalized spacial score (nSPS) is 17.9. The number of nitrogens with zero attached hydrogens (tertiary/aromatic N) is 5. The Labute approximate surface area is 252 Å². The number of halogens is 4. The molecule has 2 aliphatic rings. The van der Waals surface area contributed by atoms with E-state index in [4.69, 9.17) is 9.29 Å². The molecule has 1 fully saturated rings. The lowest BCUT2D eigenvalue weighted by atomic mass is 9.90. The summed E-state index contributed by atoms with van der Waals surface area (Å²) in [5.41, 5.74) is 3.21. The number of alkyl halides is 3. The molecule has 5 rings (SSSR count). The van der Waals surface area contributed by atoms with Gasteiger partial charge in [-0.1, -0.05) is 12.1 Å². The van der Waals surface area contributed by atoms with Crippen molar-refractivity contribution in [1.82, 2.24) is 24.6 Å². The number of hydrogen-bond donors (Lipinski definition) is 1. The SMILES string of the molecule is CS(=O)(=O)O.Cc1cc(CC(=O)c2cnn(-c3ncc(C(F)(F)F)cc3F)c2C)cnc1C1=CCC(N2CCOCC2)CC1. The van der Waals surface area contributed by atoms with Gasteiger partial charge in [-0.15, -0.1) is 0 Å². The van der Waals surface area contributed by atoms with Crippen LogP contribution in [0.3, 0.4) is 0 Å². The monoisotopic (exact) mass is 639 g/mol. The molecule has 44 heavy (non-hydrogen) atoms. The first-order valence-corrected chi connectivity index (χ1v) is 15.7. The van der Waals surface area contributed by atoms with Crippen molar-refractivity contribution in [1.29, 1.82) is 0 Å². The summed E-state index contributed by atoms with van der Waals surface area (Å²) in [7, 11) is -3.67. The van der Waals surface area contributed by atoms with Gasteiger partial charge in [0.2, 0.25) is 0 Å². The standard InChI is InChI=1S/C28H29F4N5O2.CH4O3S/c1-17-11-19(14-33-26(17)20-3-5-22(6-4-20)36-7-9-39-10-8-36)12-25(38)23-16-35-37(18(23)2)27-24(29)13-21(15-34-27)28(30,31)32;1-5(2,3)4/h3,11,13-16,22H,4-10,12H2,1-2H3;1H3,(H,2,3,4). The van der Waals surface area contributed by atoms with Gasteiger partial charge in [-0.25, -0.2) is 14.1 Å². The zero-order valence-corrected chi connectivity index (χ0v) is 25.3. The molecule has 1 atom stereocenters. The van der Waals surface area contributed by atoms with Crippen molar-refractivity contribution >= 4 is 21.5 Å². The molecule has 0 spiro atoms. The first-order valence-electron chi connectivity index (χ1n) is 13.8. The Balaban J connectivity index is 0.000000818. The van der Waals surface area contributed by atoms with E-state index in [9.17, 15) is 30.8 Å². The molecule has 0 bridgehead atoms. The molecule has 10 nitrogen and oxygen atoms in total. The Morgan fingerprint density at radius 2 is 1.80 bits per heavy atom. The van der Waals surface area contributed by atoms with Crippen molar-refractivity contribution in [2.45, 2.75) is 51.7 Å². The minimum Gasteiger partial charge on any atom is -0.379 e. The zero-order chi connectivity index (χ0) is 32.2. The number of morpholine rings is 1. The van der Waals surface area contributed by atoms with Gasteiger partial charge in [-0.05, 0) is 55.9 Å². The molecule has 4 heterocycles. The van der Waals surface area contributed by atoms with Gasteiger partial charge in [-0.3, -0.25) is 19.2 Å². The number of ketones is 1. The maximum atomic E-state index is 14.4. The Morgan fingerprint density at radius 3 is 2.36 bits per heavy atom. The Hall–Kier alpha value is -3.53. The number of aryl methyl sites for hydroxylation is 1. The molecule has 3 aromatic heterocycles. The summed E-state index contributed by atoms with van der Waals surface area (Å²) >= 11 is 0. The molecule has 1 aliphatic carbocycles. The molecule has 3 aromatic rings. The minimum atomic E-state index is -4.72.